The van der Waals surface area contributed by atoms with Gasteiger partial charge in [0.25, 0.3) is 17.4 Å². The van der Waals surface area contributed by atoms with E-state index in [1.807, 2.05) is 0 Å². The molecule has 0 aromatic heterocycles. The lowest BCUT2D eigenvalue weighted by molar-refractivity contribution is -0.405. The van der Waals surface area contributed by atoms with Gasteiger partial charge < -0.3 is 220 Å². The molecule has 0 radical (unpaired) electrons. The highest BCUT2D eigenvalue weighted by atomic mass is 16.8. The molecule has 53 heteroatoms. The highest BCUT2D eigenvalue weighted by molar-refractivity contribution is 5.79. The Kier molecular flexibility index (Phi) is 56.0. The molecule has 53 nitrogen and oxygen atoms in total. The number of hydrogen-bond donors (Lipinski definition) is 29. The number of rotatable bonds is 67. The van der Waals surface area contributed by atoms with Crippen LogP contribution in [0.25, 0.3) is 0 Å². The van der Waals surface area contributed by atoms with Crippen molar-refractivity contribution in [1.82, 2.24) is 26.6 Å². The van der Waals surface area contributed by atoms with Gasteiger partial charge in [-0.25, -0.2) is 14.4 Å². The third-order valence-electron chi connectivity index (χ3n) is 27.9. The number of ether oxygens (including phenoxy) is 15. The summed E-state index contributed by atoms with van der Waals surface area (Å²) in [5, 5.41) is 290. The number of carbonyl (C=O) groups excluding carboxylic acids is 6. The van der Waals surface area contributed by atoms with Gasteiger partial charge in [-0.05, 0) is 19.3 Å². The van der Waals surface area contributed by atoms with Crippen molar-refractivity contribution < 1.29 is 237 Å². The molecule has 7 saturated heterocycles. The summed E-state index contributed by atoms with van der Waals surface area (Å²) in [6, 6.07) is -9.45. The van der Waals surface area contributed by atoms with Crippen LogP contribution in [-0.4, -0.2) is 472 Å². The van der Waals surface area contributed by atoms with Crippen LogP contribution in [0.5, 0.6) is 0 Å². The third kappa shape index (κ3) is 37.1. The van der Waals surface area contributed by atoms with Crippen molar-refractivity contribution in [2.45, 2.75) is 491 Å². The molecule has 7 fully saturated rings. The molecule has 0 spiro atoms. The fraction of sp³-hybridized carbons (Fsp3) is 0.887. The minimum absolute atomic E-state index is 0.0425. The predicted octanol–water partition coefficient (Wildman–Crippen LogP) is -6.12. The molecular weight excluding hydrogens is 2000 g/mol. The molecule has 40 atom stereocenters. The Bertz CT molecular complexity index is 4050. The summed E-state index contributed by atoms with van der Waals surface area (Å²) in [4.78, 5) is 120. The Hall–Kier alpha value is -6.43. The summed E-state index contributed by atoms with van der Waals surface area (Å²) in [6.45, 7) is -1.22. The van der Waals surface area contributed by atoms with Gasteiger partial charge >= 0.3 is 23.9 Å². The van der Waals surface area contributed by atoms with E-state index in [-0.39, 0.29) is 6.42 Å². The number of unbranched alkanes of at least 4 members (excludes halogenated alkanes) is 25. The average molecular weight is 2170 g/mol. The Labute approximate surface area is 869 Å². The highest BCUT2D eigenvalue weighted by Crippen LogP contribution is 2.45. The number of amides is 5. The van der Waals surface area contributed by atoms with Gasteiger partial charge in [-0.15, -0.1) is 0 Å². The van der Waals surface area contributed by atoms with Crippen molar-refractivity contribution in [1.29, 1.82) is 0 Å². The second kappa shape index (κ2) is 64.4. The number of hydrogen-bond acceptors (Lipinski definition) is 45. The van der Waals surface area contributed by atoms with E-state index in [9.17, 15) is 166 Å². The highest BCUT2D eigenvalue weighted by Gasteiger charge is 2.66. The zero-order valence-corrected chi connectivity index (χ0v) is 86.1. The minimum atomic E-state index is -3.83. The second-order valence-corrected chi connectivity index (χ2v) is 39.8. The molecule has 0 bridgehead atoms. The van der Waals surface area contributed by atoms with Crippen molar-refractivity contribution >= 4 is 53.4 Å². The summed E-state index contributed by atoms with van der Waals surface area (Å²) in [6.07, 6.45) is -48.6. The van der Waals surface area contributed by atoms with E-state index in [1.165, 1.54) is 83.1 Å². The third-order valence-corrected chi connectivity index (χ3v) is 27.9. The van der Waals surface area contributed by atoms with Gasteiger partial charge in [0.05, 0.1) is 94.8 Å². The first kappa shape index (κ1) is 130. The molecular formula is C97H167N5O48. The monoisotopic (exact) mass is 2170 g/mol. The first-order valence-electron chi connectivity index (χ1n) is 52.2. The van der Waals surface area contributed by atoms with Gasteiger partial charge in [0.2, 0.25) is 29.5 Å². The lowest BCUT2D eigenvalue weighted by atomic mass is 9.87. The molecule has 0 aromatic carbocycles. The maximum Gasteiger partial charge on any atom is 0.364 e. The number of aliphatic hydroxyl groups excluding tert-OH is 21. The molecule has 0 aromatic rings. The van der Waals surface area contributed by atoms with Crippen LogP contribution in [0.3, 0.4) is 0 Å². The zero-order valence-electron chi connectivity index (χ0n) is 86.1. The number of aliphatic hydroxyl groups is 21. The van der Waals surface area contributed by atoms with E-state index in [2.05, 4.69) is 40.4 Å². The van der Waals surface area contributed by atoms with Crippen LogP contribution >= 0.6 is 0 Å². The number of aliphatic carboxylic acids is 3. The first-order chi connectivity index (χ1) is 71.2. The first-order valence-corrected chi connectivity index (χ1v) is 52.2. The topological polar surface area (TPSA) is 838 Å². The van der Waals surface area contributed by atoms with Crippen LogP contribution in [0, 0.1) is 0 Å². The van der Waals surface area contributed by atoms with Gasteiger partial charge in [0.1, 0.15) is 159 Å². The molecule has 7 heterocycles. The smallest absolute Gasteiger partial charge is 0.364 e. The largest absolute Gasteiger partial charge is 0.477 e. The minimum Gasteiger partial charge on any atom is -0.477 e. The van der Waals surface area contributed by atoms with Crippen LogP contribution in [0.2, 0.25) is 0 Å². The Morgan fingerprint density at radius 3 is 1.17 bits per heavy atom. The summed E-state index contributed by atoms with van der Waals surface area (Å²) < 4.78 is 89.6. The van der Waals surface area contributed by atoms with Crippen molar-refractivity contribution in [3.63, 3.8) is 0 Å². The van der Waals surface area contributed by atoms with E-state index in [0.717, 1.165) is 118 Å². The Morgan fingerprint density at radius 2 is 0.740 bits per heavy atom. The van der Waals surface area contributed by atoms with Crippen LogP contribution in [0.15, 0.2) is 12.2 Å². The number of carboxylic acids is 3. The number of carboxylic acid groups (broad SMARTS) is 3. The van der Waals surface area contributed by atoms with E-state index in [4.69, 9.17) is 71.1 Å². The number of allylic oxidation sites excluding steroid dienone is 1. The Morgan fingerprint density at radius 1 is 0.373 bits per heavy atom. The molecule has 29 N–H and O–H groups in total. The lowest BCUT2D eigenvalue weighted by Crippen LogP contribution is -2.73. The maximum absolute atomic E-state index is 14.7. The van der Waals surface area contributed by atoms with Crippen LogP contribution in [0.1, 0.15) is 248 Å². The summed E-state index contributed by atoms with van der Waals surface area (Å²) in [7, 11) is 0. The molecule has 7 rings (SSSR count). The predicted molar refractivity (Wildman–Crippen MR) is 511 cm³/mol. The van der Waals surface area contributed by atoms with E-state index >= 15 is 0 Å². The molecule has 14 unspecified atom stereocenters. The van der Waals surface area contributed by atoms with Gasteiger partial charge in [-0.3, -0.25) is 28.8 Å². The second-order valence-electron chi connectivity index (χ2n) is 39.8. The number of esters is 1. The molecule has 0 saturated carbocycles. The lowest BCUT2D eigenvalue weighted by Gasteiger charge is -2.53. The van der Waals surface area contributed by atoms with Crippen molar-refractivity contribution in [2.24, 2.45) is 0 Å². The van der Waals surface area contributed by atoms with Crippen LogP contribution in [-0.2, 0) is 114 Å². The fourth-order valence-electron chi connectivity index (χ4n) is 19.7. The molecule has 7 aliphatic rings. The van der Waals surface area contributed by atoms with Crippen molar-refractivity contribution in [2.75, 3.05) is 52.9 Å². The van der Waals surface area contributed by atoms with Crippen LogP contribution in [0.4, 0.5) is 0 Å². The molecule has 150 heavy (non-hydrogen) atoms. The summed E-state index contributed by atoms with van der Waals surface area (Å²) in [5.41, 5.74) is 0. The van der Waals surface area contributed by atoms with E-state index < -0.39 is 369 Å². The van der Waals surface area contributed by atoms with Gasteiger partial charge in [0.15, 0.2) is 25.2 Å². The molecule has 5 amide bonds. The van der Waals surface area contributed by atoms with Gasteiger partial charge in [-0.2, -0.15) is 0 Å². The molecule has 7 aliphatic heterocycles. The fourth-order valence-corrected chi connectivity index (χ4v) is 19.7. The average Bonchev–Trinajstić information content (AvgIpc) is 0.747. The maximum atomic E-state index is 14.7. The zero-order chi connectivity index (χ0) is 111. The van der Waals surface area contributed by atoms with E-state index in [0.29, 0.717) is 12.8 Å². The van der Waals surface area contributed by atoms with Gasteiger partial charge in [-0.1, -0.05) is 180 Å². The van der Waals surface area contributed by atoms with Crippen LogP contribution < -0.4 is 26.6 Å². The number of nitrogens with one attached hydrogen (secondary N) is 5. The molecule has 868 valence electrons. The van der Waals surface area contributed by atoms with Crippen molar-refractivity contribution in [3.8, 4) is 0 Å². The normalized spacial score (nSPS) is 35.0. The summed E-state index contributed by atoms with van der Waals surface area (Å²) in [5.74, 6) is -23.3. The molecule has 0 aliphatic carbocycles. The van der Waals surface area contributed by atoms with Gasteiger partial charge in [0, 0.05) is 60.3 Å². The quantitative estimate of drug-likeness (QED) is 0.0153. The summed E-state index contributed by atoms with van der Waals surface area (Å²) >= 11 is 0. The van der Waals surface area contributed by atoms with E-state index in [1.54, 1.807) is 6.08 Å². The number of carbonyl (C=O) groups is 9. The Balaban J connectivity index is 1.27. The SMILES string of the molecule is CCCCCCCCCCCCC/C=C/[C@@H](O)[C@H](CO[C@@H]1OC(CO)[C@@H](O[C@@H]2OC(CO)[C@H](O[C@@H]3OC(CO)[C@H](O)[C@H](O[C@@H]4OC(CO)[C@H](O)[C@H](O[C@]5(C(=O)O)CC(O)[C@@H](NC(C)=O)C([C@H](O)[C@H](O)CO)O5)C4O)C3NC(C)=O)[C@H](O[C@]3(C(=O)O)CC(O)[C@@H](NC(C)=O)C([C@H](O)[C@@H](CO)O[C@]4(C(=O)O)CC(O)[C@@H](NC(C)=O)C([C@H](O)[C@H](O)COC(C)=O)O4)O3)C2O)[C@H](O)C1O)NC(=O)CCCCCCCCCCCCCCCCC. The van der Waals surface area contributed by atoms with Crippen molar-refractivity contribution in [3.05, 3.63) is 12.2 Å². The standard InChI is InChI=1S/C97H167N5O48/c1-8-10-12-14-16-18-20-22-23-25-27-29-31-33-35-37-66(120)102-54(55(114)36-34-32-30-28-26-24-21-19-17-15-13-11-9-2)47-137-89-77(127)76(126)80(64(45-107)140-89)142-91-79(129)87(150-97(94(134)135)40-58(117)69(100-51(5)111)85(148-97)75(125)63(44-106)145-95(92(130)131)38-56(115)68(99-50(4)110)84(146-95)72(122)60(119)48-136-53(7)113)81(65(46-108)141-91)143-88-70(101-52(6)112)82(73(123)61(42-104)138-88)144-90-78(128)86(74(124)62(43-105)139-90)149-96(93(132)133)39-57(116)67(98-49(3)109)83(147-96)71(121)59(118)41-103/h34,36,54-65,67-91,103-108,114-119,121-129H,8-33,35,37-48H2,1-7H3,(H,98,109)(H,99,110)(H,100,111)(H,101,112)(H,102,120)(H,130,131)(H,132,133)(H,134,135)/b36-34+/t54-,55+,56?,57?,58?,59+,60+,61?,62?,63+,64?,65?,67+,68+,69+,70?,71+,72+,73-,74-,75+,76+,77?,78?,79?,80+,81-,82+,83?,84?,85?,86-,87+,88-,89+,90-,91-,95+,96-,97-/m0/s1.